The van der Waals surface area contributed by atoms with E-state index in [-0.39, 0.29) is 6.42 Å². The van der Waals surface area contributed by atoms with Crippen molar-refractivity contribution in [3.05, 3.63) is 18.0 Å². The first-order chi connectivity index (χ1) is 5.08. The van der Waals surface area contributed by atoms with E-state index in [0.717, 1.165) is 12.6 Å². The average Bonchev–Trinajstić information content (AvgIpc) is 2.32. The van der Waals surface area contributed by atoms with E-state index in [9.17, 15) is 8.78 Å². The van der Waals surface area contributed by atoms with Crippen LogP contribution in [0.2, 0.25) is 0 Å². The largest absolute Gasteiger partial charge is 0.283 e. The lowest BCUT2D eigenvalue weighted by Gasteiger charge is -2.07. The van der Waals surface area contributed by atoms with Crippen LogP contribution in [0.3, 0.4) is 0 Å². The van der Waals surface area contributed by atoms with Crippen LogP contribution in [0.4, 0.5) is 8.78 Å². The van der Waals surface area contributed by atoms with Crippen LogP contribution in [0.25, 0.3) is 0 Å². The molecule has 2 nitrogen and oxygen atoms in total. The van der Waals surface area contributed by atoms with E-state index in [0.29, 0.717) is 6.42 Å². The smallest absolute Gasteiger partial charge is 0.245 e. The van der Waals surface area contributed by atoms with Crippen LogP contribution in [-0.4, -0.2) is 16.1 Å². The van der Waals surface area contributed by atoms with Gasteiger partial charge in [0.1, 0.15) is 0 Å². The van der Waals surface area contributed by atoms with Crippen LogP contribution in [0.1, 0.15) is 19.0 Å². The Labute approximate surface area is 63.6 Å². The second-order valence-electron chi connectivity index (χ2n) is 2.65. The van der Waals surface area contributed by atoms with Crippen LogP contribution in [0, 0.1) is 0 Å². The van der Waals surface area contributed by atoms with E-state index in [2.05, 4.69) is 10.2 Å². The molecule has 0 radical (unpaired) electrons. The van der Waals surface area contributed by atoms with Crippen molar-refractivity contribution in [2.45, 2.75) is 25.7 Å². The summed E-state index contributed by atoms with van der Waals surface area (Å²) in [7, 11) is 0. The highest BCUT2D eigenvalue weighted by Gasteiger charge is 2.20. The van der Waals surface area contributed by atoms with Gasteiger partial charge >= 0.3 is 0 Å². The van der Waals surface area contributed by atoms with Crippen molar-refractivity contribution in [1.29, 1.82) is 0 Å². The number of aromatic amines is 1. The summed E-state index contributed by atoms with van der Waals surface area (Å²) in [4.78, 5) is 0. The molecule has 11 heavy (non-hydrogen) atoms. The normalized spacial score (nSPS) is 11.9. The van der Waals surface area contributed by atoms with Gasteiger partial charge < -0.3 is 0 Å². The summed E-state index contributed by atoms with van der Waals surface area (Å²) in [5.41, 5.74) is 0.756. The quantitative estimate of drug-likeness (QED) is 0.719. The monoisotopic (exact) mass is 160 g/mol. The molecule has 1 rings (SSSR count). The lowest BCUT2D eigenvalue weighted by atomic mass is 10.2. The molecule has 0 unspecified atom stereocenters. The van der Waals surface area contributed by atoms with E-state index in [4.69, 9.17) is 0 Å². The van der Waals surface area contributed by atoms with Crippen molar-refractivity contribution in [3.63, 3.8) is 0 Å². The molecular weight excluding hydrogens is 150 g/mol. The number of hydrogen-bond donors (Lipinski definition) is 1. The fourth-order valence-corrected chi connectivity index (χ4v) is 0.778. The minimum atomic E-state index is -2.58. The van der Waals surface area contributed by atoms with Crippen molar-refractivity contribution >= 4 is 0 Å². The van der Waals surface area contributed by atoms with Gasteiger partial charge in [0.2, 0.25) is 5.92 Å². The van der Waals surface area contributed by atoms with Gasteiger partial charge in [-0.15, -0.1) is 0 Å². The van der Waals surface area contributed by atoms with Gasteiger partial charge in [0, 0.05) is 18.3 Å². The SMILES string of the molecule is CC(F)(F)CCc1ccn[nH]1. The highest BCUT2D eigenvalue weighted by atomic mass is 19.3. The van der Waals surface area contributed by atoms with E-state index in [1.165, 1.54) is 0 Å². The van der Waals surface area contributed by atoms with Gasteiger partial charge in [-0.05, 0) is 19.4 Å². The maximum absolute atomic E-state index is 12.3. The molecule has 0 bridgehead atoms. The molecule has 1 heterocycles. The third kappa shape index (κ3) is 3.11. The average molecular weight is 160 g/mol. The maximum Gasteiger partial charge on any atom is 0.245 e. The van der Waals surface area contributed by atoms with Crippen LogP contribution >= 0.6 is 0 Å². The lowest BCUT2D eigenvalue weighted by molar-refractivity contribution is 0.0131. The molecule has 1 aromatic rings. The zero-order chi connectivity index (χ0) is 8.32. The Morgan fingerprint density at radius 1 is 1.64 bits per heavy atom. The summed E-state index contributed by atoms with van der Waals surface area (Å²) in [6.07, 6.45) is 1.78. The number of nitrogens with one attached hydrogen (secondary N) is 1. The number of halogens is 2. The summed E-state index contributed by atoms with van der Waals surface area (Å²) >= 11 is 0. The van der Waals surface area contributed by atoms with E-state index >= 15 is 0 Å². The predicted octanol–water partition coefficient (Wildman–Crippen LogP) is 2.00. The Morgan fingerprint density at radius 3 is 2.82 bits per heavy atom. The Morgan fingerprint density at radius 2 is 2.36 bits per heavy atom. The molecular formula is C7H10F2N2. The summed E-state index contributed by atoms with van der Waals surface area (Å²) in [6.45, 7) is 0.920. The molecule has 0 amide bonds. The third-order valence-corrected chi connectivity index (χ3v) is 1.39. The van der Waals surface area contributed by atoms with Crippen molar-refractivity contribution in [2.75, 3.05) is 0 Å². The highest BCUT2D eigenvalue weighted by molar-refractivity contribution is 4.97. The number of H-pyrrole nitrogens is 1. The Kier molecular flexibility index (Phi) is 2.22. The maximum atomic E-state index is 12.3. The summed E-state index contributed by atoms with van der Waals surface area (Å²) in [5.74, 6) is -2.58. The van der Waals surface area contributed by atoms with Crippen molar-refractivity contribution in [2.24, 2.45) is 0 Å². The summed E-state index contributed by atoms with van der Waals surface area (Å²) in [6, 6.07) is 1.70. The Hall–Kier alpha value is -0.930. The van der Waals surface area contributed by atoms with Crippen molar-refractivity contribution < 1.29 is 8.78 Å². The molecule has 0 aromatic carbocycles. The molecule has 0 aliphatic heterocycles. The second kappa shape index (κ2) is 2.98. The Bertz CT molecular complexity index is 201. The summed E-state index contributed by atoms with van der Waals surface area (Å²) < 4.78 is 24.6. The van der Waals surface area contributed by atoms with Gasteiger partial charge in [-0.1, -0.05) is 0 Å². The molecule has 1 N–H and O–H groups in total. The fourth-order valence-electron chi connectivity index (χ4n) is 0.778. The first-order valence-corrected chi connectivity index (χ1v) is 3.44. The molecule has 0 saturated carbocycles. The van der Waals surface area contributed by atoms with Crippen LogP contribution < -0.4 is 0 Å². The number of alkyl halides is 2. The van der Waals surface area contributed by atoms with E-state index in [1.54, 1.807) is 12.3 Å². The van der Waals surface area contributed by atoms with Crippen LogP contribution in [0.5, 0.6) is 0 Å². The Balaban J connectivity index is 2.35. The van der Waals surface area contributed by atoms with Crippen molar-refractivity contribution in [1.82, 2.24) is 10.2 Å². The zero-order valence-corrected chi connectivity index (χ0v) is 6.27. The number of aryl methyl sites for hydroxylation is 1. The van der Waals surface area contributed by atoms with Crippen LogP contribution in [0.15, 0.2) is 12.3 Å². The number of nitrogens with zero attached hydrogens (tertiary/aromatic N) is 1. The fraction of sp³-hybridized carbons (Fsp3) is 0.571. The molecule has 0 atom stereocenters. The third-order valence-electron chi connectivity index (χ3n) is 1.39. The minimum Gasteiger partial charge on any atom is -0.283 e. The molecule has 0 fully saturated rings. The van der Waals surface area contributed by atoms with Gasteiger partial charge in [0.15, 0.2) is 0 Å². The van der Waals surface area contributed by atoms with Gasteiger partial charge in [0.25, 0.3) is 0 Å². The highest BCUT2D eigenvalue weighted by Crippen LogP contribution is 2.18. The van der Waals surface area contributed by atoms with Gasteiger partial charge in [0.05, 0.1) is 0 Å². The molecule has 0 aliphatic carbocycles. The topological polar surface area (TPSA) is 28.7 Å². The molecule has 0 aliphatic rings. The molecule has 1 aromatic heterocycles. The second-order valence-corrected chi connectivity index (χ2v) is 2.65. The molecule has 4 heteroatoms. The first kappa shape index (κ1) is 8.17. The standard InChI is InChI=1S/C7H10F2N2/c1-7(8,9)4-2-6-3-5-10-11-6/h3,5H,2,4H2,1H3,(H,10,11). The summed E-state index contributed by atoms with van der Waals surface area (Å²) in [5, 5.41) is 6.28. The lowest BCUT2D eigenvalue weighted by Crippen LogP contribution is -2.10. The van der Waals surface area contributed by atoms with E-state index in [1.807, 2.05) is 0 Å². The predicted molar refractivity (Wildman–Crippen MR) is 37.5 cm³/mol. The van der Waals surface area contributed by atoms with Gasteiger partial charge in [-0.2, -0.15) is 5.10 Å². The number of hydrogen-bond acceptors (Lipinski definition) is 1. The molecule has 0 saturated heterocycles. The van der Waals surface area contributed by atoms with Crippen molar-refractivity contribution in [3.8, 4) is 0 Å². The first-order valence-electron chi connectivity index (χ1n) is 3.44. The molecule has 62 valence electrons. The number of aromatic nitrogens is 2. The van der Waals surface area contributed by atoms with Crippen LogP contribution in [-0.2, 0) is 6.42 Å². The van der Waals surface area contributed by atoms with Gasteiger partial charge in [-0.3, -0.25) is 5.10 Å². The van der Waals surface area contributed by atoms with Gasteiger partial charge in [-0.25, -0.2) is 8.78 Å². The van der Waals surface area contributed by atoms with E-state index < -0.39 is 5.92 Å². The zero-order valence-electron chi connectivity index (χ0n) is 6.27. The number of rotatable bonds is 3. The minimum absolute atomic E-state index is 0.130. The molecule has 0 spiro atoms.